The topological polar surface area (TPSA) is 46.5 Å². The van der Waals surface area contributed by atoms with Crippen LogP contribution >= 0.6 is 11.6 Å². The van der Waals surface area contributed by atoms with Gasteiger partial charge in [0.25, 0.3) is 0 Å². The molecule has 92 valence electrons. The molecule has 0 amide bonds. The number of carboxylic acids is 1. The van der Waals surface area contributed by atoms with Crippen LogP contribution in [0, 0.1) is 13.8 Å². The van der Waals surface area contributed by atoms with Crippen molar-refractivity contribution in [3.63, 3.8) is 0 Å². The second-order valence-electron chi connectivity index (χ2n) is 4.60. The third-order valence-electron chi connectivity index (χ3n) is 3.50. The van der Waals surface area contributed by atoms with E-state index in [1.54, 1.807) is 7.11 Å². The van der Waals surface area contributed by atoms with E-state index >= 15 is 0 Å². The highest BCUT2D eigenvalue weighted by atomic mass is 35.5. The first-order valence-electron chi connectivity index (χ1n) is 5.51. The number of carbonyl (C=O) groups is 1. The molecule has 1 aromatic rings. The van der Waals surface area contributed by atoms with Crippen molar-refractivity contribution >= 4 is 17.6 Å². The number of methoxy groups -OCH3 is 1. The fraction of sp³-hybridized carbons (Fsp3) is 0.462. The highest BCUT2D eigenvalue weighted by Gasteiger charge is 2.54. The molecule has 0 heterocycles. The maximum atomic E-state index is 11.4. The van der Waals surface area contributed by atoms with E-state index in [4.69, 9.17) is 16.3 Å². The summed E-state index contributed by atoms with van der Waals surface area (Å²) in [5, 5.41) is 10.00. The minimum atomic E-state index is -0.793. The van der Waals surface area contributed by atoms with Gasteiger partial charge in [-0.25, -0.2) is 0 Å². The van der Waals surface area contributed by atoms with E-state index < -0.39 is 11.4 Å². The van der Waals surface area contributed by atoms with Gasteiger partial charge < -0.3 is 9.84 Å². The predicted molar refractivity (Wildman–Crippen MR) is 66.0 cm³/mol. The maximum Gasteiger partial charge on any atom is 0.314 e. The Morgan fingerprint density at radius 1 is 1.47 bits per heavy atom. The Morgan fingerprint density at radius 2 is 2.06 bits per heavy atom. The standard InChI is InChI=1S/C13H15ClO3/c1-7-6-9(17-3)10(8(2)11(7)14)13(4-5-13)12(15)16/h6H,4-5H2,1-3H3,(H,15,16). The van der Waals surface area contributed by atoms with E-state index in [1.165, 1.54) is 0 Å². The predicted octanol–water partition coefficient (Wildman–Crippen LogP) is 3.08. The largest absolute Gasteiger partial charge is 0.496 e. The number of aryl methyl sites for hydroxylation is 1. The van der Waals surface area contributed by atoms with Crippen LogP contribution in [-0.4, -0.2) is 18.2 Å². The fourth-order valence-corrected chi connectivity index (χ4v) is 2.52. The van der Waals surface area contributed by atoms with Crippen LogP contribution in [0.2, 0.25) is 5.02 Å². The van der Waals surface area contributed by atoms with E-state index in [2.05, 4.69) is 0 Å². The highest BCUT2D eigenvalue weighted by Crippen LogP contribution is 2.54. The molecule has 17 heavy (non-hydrogen) atoms. The van der Waals surface area contributed by atoms with Gasteiger partial charge in [-0.2, -0.15) is 0 Å². The van der Waals surface area contributed by atoms with Crippen LogP contribution in [0.3, 0.4) is 0 Å². The molecule has 1 saturated carbocycles. The number of rotatable bonds is 3. The van der Waals surface area contributed by atoms with E-state index in [0.29, 0.717) is 23.6 Å². The average molecular weight is 255 g/mol. The van der Waals surface area contributed by atoms with Crippen LogP contribution < -0.4 is 4.74 Å². The fourth-order valence-electron chi connectivity index (χ4n) is 2.37. The van der Waals surface area contributed by atoms with E-state index in [1.807, 2.05) is 19.9 Å². The Bertz CT molecular complexity index is 490. The quantitative estimate of drug-likeness (QED) is 0.902. The lowest BCUT2D eigenvalue weighted by Gasteiger charge is -2.20. The van der Waals surface area contributed by atoms with Gasteiger partial charge in [-0.1, -0.05) is 11.6 Å². The van der Waals surface area contributed by atoms with Crippen LogP contribution in [0.5, 0.6) is 5.75 Å². The second-order valence-corrected chi connectivity index (χ2v) is 4.97. The van der Waals surface area contributed by atoms with Crippen LogP contribution in [-0.2, 0) is 10.2 Å². The monoisotopic (exact) mass is 254 g/mol. The van der Waals surface area contributed by atoms with Crippen molar-refractivity contribution in [2.75, 3.05) is 7.11 Å². The number of hydrogen-bond acceptors (Lipinski definition) is 2. The lowest BCUT2D eigenvalue weighted by atomic mass is 9.89. The van der Waals surface area contributed by atoms with Gasteiger partial charge >= 0.3 is 5.97 Å². The minimum absolute atomic E-state index is 0.629. The van der Waals surface area contributed by atoms with E-state index in [9.17, 15) is 9.90 Å². The van der Waals surface area contributed by atoms with Gasteiger partial charge in [0.05, 0.1) is 12.5 Å². The van der Waals surface area contributed by atoms with Crippen molar-refractivity contribution < 1.29 is 14.6 Å². The first kappa shape index (κ1) is 12.2. The molecule has 1 aliphatic carbocycles. The van der Waals surface area contributed by atoms with Gasteiger partial charge in [0, 0.05) is 10.6 Å². The molecule has 0 spiro atoms. The minimum Gasteiger partial charge on any atom is -0.496 e. The first-order chi connectivity index (χ1) is 7.94. The number of halogens is 1. The Labute approximate surface area is 105 Å². The molecule has 0 aliphatic heterocycles. The van der Waals surface area contributed by atoms with Crippen LogP contribution in [0.4, 0.5) is 0 Å². The van der Waals surface area contributed by atoms with Crippen LogP contribution in [0.1, 0.15) is 29.5 Å². The van der Waals surface area contributed by atoms with Gasteiger partial charge in [0.2, 0.25) is 0 Å². The average Bonchev–Trinajstić information content (AvgIpc) is 3.06. The molecule has 0 bridgehead atoms. The first-order valence-corrected chi connectivity index (χ1v) is 5.89. The molecular weight excluding hydrogens is 240 g/mol. The molecule has 1 fully saturated rings. The van der Waals surface area contributed by atoms with Gasteiger partial charge in [-0.05, 0) is 43.9 Å². The molecule has 1 aliphatic rings. The summed E-state index contributed by atoms with van der Waals surface area (Å²) in [4.78, 5) is 11.4. The molecule has 1 N–H and O–H groups in total. The van der Waals surface area contributed by atoms with E-state index in [0.717, 1.165) is 16.7 Å². The zero-order valence-electron chi connectivity index (χ0n) is 10.1. The van der Waals surface area contributed by atoms with Gasteiger partial charge in [-0.3, -0.25) is 4.79 Å². The van der Waals surface area contributed by atoms with Crippen molar-refractivity contribution in [3.05, 3.63) is 27.8 Å². The normalized spacial score (nSPS) is 16.7. The third-order valence-corrected chi connectivity index (χ3v) is 4.08. The second kappa shape index (κ2) is 3.91. The summed E-state index contributed by atoms with van der Waals surface area (Å²) in [6.07, 6.45) is 1.30. The highest BCUT2D eigenvalue weighted by molar-refractivity contribution is 6.32. The molecule has 0 atom stereocenters. The lowest BCUT2D eigenvalue weighted by molar-refractivity contribution is -0.140. The third kappa shape index (κ3) is 1.69. The summed E-state index contributed by atoms with van der Waals surface area (Å²) in [5.41, 5.74) is 1.68. The molecule has 0 saturated heterocycles. The van der Waals surface area contributed by atoms with Crippen molar-refractivity contribution in [2.45, 2.75) is 32.1 Å². The lowest BCUT2D eigenvalue weighted by Crippen LogP contribution is -2.22. The SMILES string of the molecule is COc1cc(C)c(Cl)c(C)c1C1(C(=O)O)CC1. The summed E-state index contributed by atoms with van der Waals surface area (Å²) in [6.45, 7) is 3.75. The molecule has 1 aromatic carbocycles. The van der Waals surface area contributed by atoms with Crippen molar-refractivity contribution in [2.24, 2.45) is 0 Å². The summed E-state index contributed by atoms with van der Waals surface area (Å²) in [5.74, 6) is -0.164. The molecule has 4 heteroatoms. The van der Waals surface area contributed by atoms with E-state index in [-0.39, 0.29) is 0 Å². The molecule has 0 aromatic heterocycles. The van der Waals surface area contributed by atoms with Crippen molar-refractivity contribution in [3.8, 4) is 5.75 Å². The van der Waals surface area contributed by atoms with Crippen LogP contribution in [0.15, 0.2) is 6.07 Å². The molecule has 0 radical (unpaired) electrons. The molecule has 3 nitrogen and oxygen atoms in total. The number of benzene rings is 1. The Hall–Kier alpha value is -1.22. The number of aliphatic carboxylic acids is 1. The maximum absolute atomic E-state index is 11.4. The van der Waals surface area contributed by atoms with Gasteiger partial charge in [0.15, 0.2) is 0 Å². The Balaban J connectivity index is 2.68. The number of ether oxygens (including phenoxy) is 1. The number of carboxylic acid groups (broad SMARTS) is 1. The zero-order valence-corrected chi connectivity index (χ0v) is 10.9. The molecule has 0 unspecified atom stereocenters. The molecular formula is C13H15ClO3. The Morgan fingerprint density at radius 3 is 2.47 bits per heavy atom. The summed E-state index contributed by atoms with van der Waals surface area (Å²) in [7, 11) is 1.56. The number of hydrogen-bond donors (Lipinski definition) is 1. The summed E-state index contributed by atoms with van der Waals surface area (Å²) < 4.78 is 5.32. The van der Waals surface area contributed by atoms with Crippen LogP contribution in [0.25, 0.3) is 0 Å². The van der Waals surface area contributed by atoms with Gasteiger partial charge in [0.1, 0.15) is 5.75 Å². The smallest absolute Gasteiger partial charge is 0.314 e. The zero-order chi connectivity index (χ0) is 12.8. The molecule has 2 rings (SSSR count). The summed E-state index contributed by atoms with van der Waals surface area (Å²) in [6, 6.07) is 1.81. The van der Waals surface area contributed by atoms with Crippen molar-refractivity contribution in [1.29, 1.82) is 0 Å². The summed E-state index contributed by atoms with van der Waals surface area (Å²) >= 11 is 6.20. The Kier molecular flexibility index (Phi) is 2.82. The van der Waals surface area contributed by atoms with Crippen molar-refractivity contribution in [1.82, 2.24) is 0 Å². The van der Waals surface area contributed by atoms with Gasteiger partial charge in [-0.15, -0.1) is 0 Å².